The number of hydrogen-bond donors (Lipinski definition) is 2. The second-order valence-corrected chi connectivity index (χ2v) is 6.20. The maximum Gasteiger partial charge on any atom is 0.259 e. The van der Waals surface area contributed by atoms with Gasteiger partial charge in [0, 0.05) is 10.0 Å². The van der Waals surface area contributed by atoms with Gasteiger partial charge in [0.1, 0.15) is 0 Å². The summed E-state index contributed by atoms with van der Waals surface area (Å²) in [6, 6.07) is 16.7. The molecule has 25 heavy (non-hydrogen) atoms. The highest BCUT2D eigenvalue weighted by molar-refractivity contribution is 9.10. The summed E-state index contributed by atoms with van der Waals surface area (Å²) in [4.78, 5) is 23.6. The van der Waals surface area contributed by atoms with E-state index in [9.17, 15) is 9.59 Å². The molecular formula is C19H18BrN3O2. The average Bonchev–Trinajstić information content (AvgIpc) is 2.60. The van der Waals surface area contributed by atoms with Crippen molar-refractivity contribution in [1.29, 1.82) is 0 Å². The molecule has 0 bridgehead atoms. The summed E-state index contributed by atoms with van der Waals surface area (Å²) < 4.78 is 0.801. The molecule has 2 aromatic carbocycles. The number of amides is 2. The number of allylic oxidation sites excluding steroid dienone is 1. The maximum atomic E-state index is 11.9. The van der Waals surface area contributed by atoms with E-state index in [1.54, 1.807) is 24.4 Å². The number of carbonyl (C=O) groups excluding carboxylic acids is 2. The molecule has 0 saturated heterocycles. The first kappa shape index (κ1) is 18.6. The molecule has 0 heterocycles. The van der Waals surface area contributed by atoms with Crippen molar-refractivity contribution >= 4 is 40.0 Å². The highest BCUT2D eigenvalue weighted by Gasteiger charge is 2.07. The van der Waals surface area contributed by atoms with Gasteiger partial charge < -0.3 is 5.32 Å². The number of rotatable bonds is 6. The summed E-state index contributed by atoms with van der Waals surface area (Å²) in [5.41, 5.74) is 4.81. The number of hydrogen-bond acceptors (Lipinski definition) is 3. The fourth-order valence-corrected chi connectivity index (χ4v) is 2.39. The van der Waals surface area contributed by atoms with E-state index in [-0.39, 0.29) is 12.5 Å². The molecular weight excluding hydrogens is 382 g/mol. The van der Waals surface area contributed by atoms with Crippen LogP contribution >= 0.6 is 15.9 Å². The molecule has 128 valence electrons. The van der Waals surface area contributed by atoms with Crippen molar-refractivity contribution in [2.45, 2.75) is 6.92 Å². The van der Waals surface area contributed by atoms with Gasteiger partial charge in [-0.1, -0.05) is 58.4 Å². The van der Waals surface area contributed by atoms with Crippen LogP contribution in [0.2, 0.25) is 0 Å². The number of halogens is 1. The number of nitrogens with zero attached hydrogens (tertiary/aromatic N) is 1. The Bertz CT molecular complexity index is 801. The molecule has 2 amide bonds. The molecule has 2 rings (SSSR count). The Hall–Kier alpha value is -2.73. The normalized spacial score (nSPS) is 11.4. The van der Waals surface area contributed by atoms with E-state index in [2.05, 4.69) is 31.8 Å². The minimum atomic E-state index is -0.396. The van der Waals surface area contributed by atoms with Gasteiger partial charge in [0.2, 0.25) is 0 Å². The molecule has 0 aliphatic heterocycles. The largest absolute Gasteiger partial charge is 0.343 e. The SMILES string of the molecule is CC(/C=N\NC(=O)CNC(=O)c1cccc(Br)c1)=C/c1ccccc1. The van der Waals surface area contributed by atoms with Gasteiger partial charge in [-0.05, 0) is 36.3 Å². The van der Waals surface area contributed by atoms with Crippen LogP contribution in [-0.2, 0) is 4.79 Å². The molecule has 0 radical (unpaired) electrons. The van der Waals surface area contributed by atoms with Crippen molar-refractivity contribution in [3.05, 3.63) is 75.8 Å². The Labute approximate surface area is 155 Å². The van der Waals surface area contributed by atoms with Crippen LogP contribution in [0, 0.1) is 0 Å². The highest BCUT2D eigenvalue weighted by Crippen LogP contribution is 2.11. The lowest BCUT2D eigenvalue weighted by atomic mass is 10.1. The van der Waals surface area contributed by atoms with Gasteiger partial charge in [-0.2, -0.15) is 5.10 Å². The summed E-state index contributed by atoms with van der Waals surface area (Å²) in [6.07, 6.45) is 3.51. The van der Waals surface area contributed by atoms with Gasteiger partial charge in [-0.3, -0.25) is 9.59 Å². The zero-order chi connectivity index (χ0) is 18.1. The predicted octanol–water partition coefficient (Wildman–Crippen LogP) is 3.38. The predicted molar refractivity (Wildman–Crippen MR) is 103 cm³/mol. The number of nitrogens with one attached hydrogen (secondary N) is 2. The molecule has 0 spiro atoms. The van der Waals surface area contributed by atoms with Crippen molar-refractivity contribution in [2.24, 2.45) is 5.10 Å². The first-order valence-electron chi connectivity index (χ1n) is 7.63. The van der Waals surface area contributed by atoms with Crippen molar-refractivity contribution in [1.82, 2.24) is 10.7 Å². The minimum Gasteiger partial charge on any atom is -0.343 e. The first-order chi connectivity index (χ1) is 12.0. The van der Waals surface area contributed by atoms with Gasteiger partial charge in [0.25, 0.3) is 11.8 Å². The van der Waals surface area contributed by atoms with E-state index in [1.807, 2.05) is 49.4 Å². The summed E-state index contributed by atoms with van der Waals surface area (Å²) in [5.74, 6) is -0.715. The second-order valence-electron chi connectivity index (χ2n) is 5.29. The van der Waals surface area contributed by atoms with Crippen LogP contribution in [0.25, 0.3) is 6.08 Å². The van der Waals surface area contributed by atoms with Gasteiger partial charge >= 0.3 is 0 Å². The number of carbonyl (C=O) groups is 2. The van der Waals surface area contributed by atoms with Crippen LogP contribution in [0.1, 0.15) is 22.8 Å². The Kier molecular flexibility index (Phi) is 7.10. The molecule has 5 nitrogen and oxygen atoms in total. The first-order valence-corrected chi connectivity index (χ1v) is 8.43. The summed E-state index contributed by atoms with van der Waals surface area (Å²) >= 11 is 3.30. The van der Waals surface area contributed by atoms with Crippen molar-refractivity contribution in [3.8, 4) is 0 Å². The molecule has 2 N–H and O–H groups in total. The van der Waals surface area contributed by atoms with Crippen LogP contribution < -0.4 is 10.7 Å². The molecule has 2 aromatic rings. The molecule has 0 atom stereocenters. The van der Waals surface area contributed by atoms with E-state index in [4.69, 9.17) is 0 Å². The van der Waals surface area contributed by atoms with Crippen molar-refractivity contribution in [3.63, 3.8) is 0 Å². The lowest BCUT2D eigenvalue weighted by Crippen LogP contribution is -2.34. The van der Waals surface area contributed by atoms with E-state index in [0.29, 0.717) is 5.56 Å². The second kappa shape index (κ2) is 9.54. The minimum absolute atomic E-state index is 0.149. The fraction of sp³-hybridized carbons (Fsp3) is 0.105. The van der Waals surface area contributed by atoms with E-state index < -0.39 is 5.91 Å². The molecule has 0 unspecified atom stereocenters. The summed E-state index contributed by atoms with van der Waals surface area (Å²) in [6.45, 7) is 1.74. The smallest absolute Gasteiger partial charge is 0.259 e. The number of benzene rings is 2. The number of hydrazone groups is 1. The standard InChI is InChI=1S/C19H18BrN3O2/c1-14(10-15-6-3-2-4-7-15)12-22-23-18(24)13-21-19(25)16-8-5-9-17(20)11-16/h2-12H,13H2,1H3,(H,21,25)(H,23,24)/b14-10-,22-12-. The highest BCUT2D eigenvalue weighted by atomic mass is 79.9. The zero-order valence-corrected chi connectivity index (χ0v) is 15.3. The topological polar surface area (TPSA) is 70.6 Å². The van der Waals surface area contributed by atoms with Gasteiger partial charge in [-0.15, -0.1) is 0 Å². The van der Waals surface area contributed by atoms with Crippen molar-refractivity contribution < 1.29 is 9.59 Å². The Morgan fingerprint density at radius 1 is 1.12 bits per heavy atom. The third-order valence-corrected chi connectivity index (χ3v) is 3.64. The van der Waals surface area contributed by atoms with E-state index >= 15 is 0 Å². The van der Waals surface area contributed by atoms with Crippen LogP contribution in [0.4, 0.5) is 0 Å². The quantitative estimate of drug-likeness (QED) is 0.577. The maximum absolute atomic E-state index is 11.9. The van der Waals surface area contributed by atoms with Crippen LogP contribution in [-0.4, -0.2) is 24.6 Å². The van der Waals surface area contributed by atoms with Gasteiger partial charge in [0.15, 0.2) is 0 Å². The molecule has 0 aromatic heterocycles. The molecule has 0 aliphatic rings. The van der Waals surface area contributed by atoms with Crippen LogP contribution in [0.3, 0.4) is 0 Å². The molecule has 0 saturated carbocycles. The Morgan fingerprint density at radius 2 is 1.88 bits per heavy atom. The monoisotopic (exact) mass is 399 g/mol. The fourth-order valence-electron chi connectivity index (χ4n) is 1.99. The zero-order valence-electron chi connectivity index (χ0n) is 13.7. The Morgan fingerprint density at radius 3 is 2.60 bits per heavy atom. The van der Waals surface area contributed by atoms with Crippen molar-refractivity contribution in [2.75, 3.05) is 6.54 Å². The van der Waals surface area contributed by atoms with Gasteiger partial charge in [0.05, 0.1) is 12.8 Å². The van der Waals surface area contributed by atoms with Crippen LogP contribution in [0.5, 0.6) is 0 Å². The molecule has 0 fully saturated rings. The van der Waals surface area contributed by atoms with Gasteiger partial charge in [-0.25, -0.2) is 5.43 Å². The van der Waals surface area contributed by atoms with E-state index in [1.165, 1.54) is 0 Å². The lowest BCUT2D eigenvalue weighted by molar-refractivity contribution is -0.120. The molecule has 6 heteroatoms. The summed E-state index contributed by atoms with van der Waals surface area (Å²) in [5, 5.41) is 6.42. The summed E-state index contributed by atoms with van der Waals surface area (Å²) in [7, 11) is 0. The average molecular weight is 400 g/mol. The third kappa shape index (κ3) is 6.73. The Balaban J connectivity index is 1.78. The third-order valence-electron chi connectivity index (χ3n) is 3.15. The van der Waals surface area contributed by atoms with E-state index in [0.717, 1.165) is 15.6 Å². The molecule has 0 aliphatic carbocycles. The van der Waals surface area contributed by atoms with Crippen LogP contribution in [0.15, 0.2) is 69.7 Å². The lowest BCUT2D eigenvalue weighted by Gasteiger charge is -2.04.